The molecule has 0 radical (unpaired) electrons. The van der Waals surface area contributed by atoms with Gasteiger partial charge in [-0.3, -0.25) is 9.59 Å². The smallest absolute Gasteiger partial charge is 0.329 e. The van der Waals surface area contributed by atoms with E-state index in [1.165, 1.54) is 4.90 Å². The molecular formula is C26H21ClN2O4. The van der Waals surface area contributed by atoms with Crippen molar-refractivity contribution in [3.05, 3.63) is 88.4 Å². The first-order valence-electron chi connectivity index (χ1n) is 10.7. The molecule has 1 aliphatic carbocycles. The lowest BCUT2D eigenvalue weighted by molar-refractivity contribution is -0.155. The van der Waals surface area contributed by atoms with Gasteiger partial charge in [0.15, 0.2) is 0 Å². The third-order valence-electron chi connectivity index (χ3n) is 6.59. The second-order valence-electron chi connectivity index (χ2n) is 8.49. The molecule has 7 heteroatoms. The van der Waals surface area contributed by atoms with E-state index in [2.05, 4.69) is 5.32 Å². The van der Waals surface area contributed by atoms with Crippen LogP contribution in [0.15, 0.2) is 66.7 Å². The molecule has 33 heavy (non-hydrogen) atoms. The predicted molar refractivity (Wildman–Crippen MR) is 125 cm³/mol. The Hall–Kier alpha value is -3.64. The molecule has 1 saturated carbocycles. The number of aliphatic carboxylic acids is 1. The lowest BCUT2D eigenvalue weighted by Crippen LogP contribution is -2.59. The summed E-state index contributed by atoms with van der Waals surface area (Å²) < 4.78 is 0. The molecule has 0 unspecified atom stereocenters. The van der Waals surface area contributed by atoms with Gasteiger partial charge in [0.2, 0.25) is 0 Å². The van der Waals surface area contributed by atoms with Crippen molar-refractivity contribution < 1.29 is 19.5 Å². The van der Waals surface area contributed by atoms with Crippen LogP contribution < -0.4 is 5.32 Å². The minimum Gasteiger partial charge on any atom is -0.479 e. The van der Waals surface area contributed by atoms with Gasteiger partial charge in [0.25, 0.3) is 11.8 Å². The number of hydrogen-bond acceptors (Lipinski definition) is 3. The highest BCUT2D eigenvalue weighted by atomic mass is 35.5. The number of fused-ring (bicyclic) bond motifs is 1. The van der Waals surface area contributed by atoms with Crippen molar-refractivity contribution >= 4 is 35.1 Å². The molecule has 0 spiro atoms. The summed E-state index contributed by atoms with van der Waals surface area (Å²) in [6, 6.07) is 19.7. The van der Waals surface area contributed by atoms with Crippen molar-refractivity contribution in [1.82, 2.24) is 4.90 Å². The van der Waals surface area contributed by atoms with Gasteiger partial charge in [-0.15, -0.1) is 0 Å². The SMILES string of the molecule is O=C(Nc1ccc(-c2ccc3c(c2)C(=O)N(C2(C(=O)O)CCC2)C3)cc1)c1ccc(Cl)cc1. The topological polar surface area (TPSA) is 86.7 Å². The molecule has 0 bridgehead atoms. The number of carbonyl (C=O) groups is 3. The summed E-state index contributed by atoms with van der Waals surface area (Å²) in [4.78, 5) is 38.8. The number of benzene rings is 3. The Morgan fingerprint density at radius 3 is 2.21 bits per heavy atom. The number of nitrogens with zero attached hydrogens (tertiary/aromatic N) is 1. The zero-order valence-corrected chi connectivity index (χ0v) is 18.4. The van der Waals surface area contributed by atoms with Crippen LogP contribution in [-0.4, -0.2) is 33.3 Å². The number of rotatable bonds is 5. The minimum absolute atomic E-state index is 0.221. The van der Waals surface area contributed by atoms with E-state index in [9.17, 15) is 19.5 Å². The fraction of sp³-hybridized carbons (Fsp3) is 0.192. The van der Waals surface area contributed by atoms with Gasteiger partial charge in [-0.05, 0) is 78.4 Å². The fourth-order valence-electron chi connectivity index (χ4n) is 4.49. The monoisotopic (exact) mass is 460 g/mol. The van der Waals surface area contributed by atoms with Crippen LogP contribution in [0, 0.1) is 0 Å². The molecule has 3 aromatic rings. The third kappa shape index (κ3) is 3.66. The van der Waals surface area contributed by atoms with Crippen LogP contribution in [0.5, 0.6) is 0 Å². The average Bonchev–Trinajstić information content (AvgIpc) is 3.10. The largest absolute Gasteiger partial charge is 0.479 e. The summed E-state index contributed by atoms with van der Waals surface area (Å²) in [5.41, 5.74) is 3.25. The van der Waals surface area contributed by atoms with Crippen molar-refractivity contribution in [2.24, 2.45) is 0 Å². The normalized spacial score (nSPS) is 16.2. The molecule has 2 aliphatic rings. The minimum atomic E-state index is -1.07. The van der Waals surface area contributed by atoms with Crippen molar-refractivity contribution in [2.45, 2.75) is 31.3 Å². The van der Waals surface area contributed by atoms with E-state index in [4.69, 9.17) is 11.6 Å². The first-order valence-corrected chi connectivity index (χ1v) is 11.1. The summed E-state index contributed by atoms with van der Waals surface area (Å²) in [7, 11) is 0. The Morgan fingerprint density at radius 2 is 1.61 bits per heavy atom. The summed E-state index contributed by atoms with van der Waals surface area (Å²) in [6.45, 7) is 0.330. The van der Waals surface area contributed by atoms with E-state index >= 15 is 0 Å². The molecule has 5 rings (SSSR count). The van der Waals surface area contributed by atoms with Crippen LogP contribution in [-0.2, 0) is 11.3 Å². The van der Waals surface area contributed by atoms with Crippen LogP contribution >= 0.6 is 11.6 Å². The molecule has 1 aliphatic heterocycles. The van der Waals surface area contributed by atoms with Crippen molar-refractivity contribution in [2.75, 3.05) is 5.32 Å². The Balaban J connectivity index is 1.33. The van der Waals surface area contributed by atoms with Gasteiger partial charge in [-0.25, -0.2) is 4.79 Å². The first-order chi connectivity index (χ1) is 15.9. The molecule has 3 aromatic carbocycles. The zero-order chi connectivity index (χ0) is 23.2. The van der Waals surface area contributed by atoms with Gasteiger partial charge < -0.3 is 15.3 Å². The van der Waals surface area contributed by atoms with E-state index in [1.807, 2.05) is 30.3 Å². The van der Waals surface area contributed by atoms with Crippen LogP contribution in [0.3, 0.4) is 0 Å². The van der Waals surface area contributed by atoms with Crippen molar-refractivity contribution in [3.63, 3.8) is 0 Å². The Kier molecular flexibility index (Phi) is 5.17. The first kappa shape index (κ1) is 21.2. The number of amides is 2. The maximum absolute atomic E-state index is 13.1. The molecule has 166 valence electrons. The van der Waals surface area contributed by atoms with Gasteiger partial charge >= 0.3 is 5.97 Å². The molecule has 0 atom stereocenters. The van der Waals surface area contributed by atoms with Gasteiger partial charge in [-0.2, -0.15) is 0 Å². The molecule has 1 fully saturated rings. The molecule has 2 N–H and O–H groups in total. The standard InChI is InChI=1S/C26H21ClN2O4/c27-20-8-4-17(5-9-20)23(30)28-21-10-6-16(7-11-21)18-2-3-19-15-29(24(31)22(19)14-18)26(25(32)33)12-1-13-26/h2-11,14H,1,12-13,15H2,(H,28,30)(H,32,33). The van der Waals surface area contributed by atoms with Gasteiger partial charge in [0, 0.05) is 28.4 Å². The van der Waals surface area contributed by atoms with E-state index in [0.717, 1.165) is 23.1 Å². The van der Waals surface area contributed by atoms with E-state index in [-0.39, 0.29) is 11.8 Å². The third-order valence-corrected chi connectivity index (χ3v) is 6.84. The lowest BCUT2D eigenvalue weighted by Gasteiger charge is -2.44. The van der Waals surface area contributed by atoms with Gasteiger partial charge in [0.05, 0.1) is 0 Å². The number of carboxylic acid groups (broad SMARTS) is 1. The number of nitrogens with one attached hydrogen (secondary N) is 1. The maximum Gasteiger partial charge on any atom is 0.329 e. The van der Waals surface area contributed by atoms with E-state index in [1.54, 1.807) is 36.4 Å². The number of hydrogen-bond donors (Lipinski definition) is 2. The average molecular weight is 461 g/mol. The highest BCUT2D eigenvalue weighted by Crippen LogP contribution is 2.43. The number of anilines is 1. The molecule has 0 saturated heterocycles. The Labute approximate surface area is 195 Å². The second-order valence-corrected chi connectivity index (χ2v) is 8.93. The number of carboxylic acids is 1. The summed E-state index contributed by atoms with van der Waals surface area (Å²) >= 11 is 5.87. The summed E-state index contributed by atoms with van der Waals surface area (Å²) in [5.74, 6) is -1.38. The zero-order valence-electron chi connectivity index (χ0n) is 17.7. The molecule has 1 heterocycles. The van der Waals surface area contributed by atoms with E-state index in [0.29, 0.717) is 41.2 Å². The molecule has 2 amide bonds. The van der Waals surface area contributed by atoms with Crippen LogP contribution in [0.2, 0.25) is 5.02 Å². The van der Waals surface area contributed by atoms with Crippen molar-refractivity contribution in [3.8, 4) is 11.1 Å². The van der Waals surface area contributed by atoms with E-state index < -0.39 is 11.5 Å². The van der Waals surface area contributed by atoms with Crippen molar-refractivity contribution in [1.29, 1.82) is 0 Å². The second kappa shape index (κ2) is 8.05. The Morgan fingerprint density at radius 1 is 0.939 bits per heavy atom. The quantitative estimate of drug-likeness (QED) is 0.546. The van der Waals surface area contributed by atoms with Gasteiger partial charge in [-0.1, -0.05) is 35.9 Å². The molecule has 0 aromatic heterocycles. The number of carbonyl (C=O) groups excluding carboxylic acids is 2. The highest BCUT2D eigenvalue weighted by molar-refractivity contribution is 6.30. The predicted octanol–water partition coefficient (Wildman–Crippen LogP) is 5.22. The van der Waals surface area contributed by atoms with Crippen LogP contribution in [0.4, 0.5) is 5.69 Å². The molecular weight excluding hydrogens is 440 g/mol. The summed E-state index contributed by atoms with van der Waals surface area (Å²) in [5, 5.41) is 13.1. The maximum atomic E-state index is 13.1. The van der Waals surface area contributed by atoms with Crippen LogP contribution in [0.1, 0.15) is 45.5 Å². The summed E-state index contributed by atoms with van der Waals surface area (Å²) in [6.07, 6.45) is 1.81. The van der Waals surface area contributed by atoms with Crippen LogP contribution in [0.25, 0.3) is 11.1 Å². The molecule has 6 nitrogen and oxygen atoms in total. The Bertz CT molecular complexity index is 1260. The number of halogens is 1. The lowest BCUT2D eigenvalue weighted by atomic mass is 9.75. The van der Waals surface area contributed by atoms with Gasteiger partial charge in [0.1, 0.15) is 5.54 Å². The fourth-order valence-corrected chi connectivity index (χ4v) is 4.61. The highest BCUT2D eigenvalue weighted by Gasteiger charge is 2.53.